The molecule has 1 aromatic carbocycles. The molecule has 0 bridgehead atoms. The highest BCUT2D eigenvalue weighted by molar-refractivity contribution is 5.55. The average Bonchev–Trinajstić information content (AvgIpc) is 2.66. The van der Waals surface area contributed by atoms with Crippen LogP contribution in [-0.2, 0) is 0 Å². The van der Waals surface area contributed by atoms with Gasteiger partial charge in [-0.25, -0.2) is 0 Å². The molecule has 2 unspecified atom stereocenters. The number of hydrogen-bond donors (Lipinski definition) is 1. The second-order valence-electron chi connectivity index (χ2n) is 7.55. The molecular weight excluding hydrogens is 256 g/mol. The van der Waals surface area contributed by atoms with Gasteiger partial charge in [-0.2, -0.15) is 5.26 Å². The minimum Gasteiger partial charge on any atom is -0.382 e. The minimum absolute atomic E-state index is 0.422. The SMILES string of the molecule is Cc1ccc(C#N)cc1NC1CCCC(C(C)(C)C)CC1. The molecule has 2 rings (SSSR count). The van der Waals surface area contributed by atoms with Gasteiger partial charge in [0, 0.05) is 11.7 Å². The number of nitriles is 1. The summed E-state index contributed by atoms with van der Waals surface area (Å²) in [5.41, 5.74) is 3.52. The predicted octanol–water partition coefficient (Wildman–Crippen LogP) is 5.27. The van der Waals surface area contributed by atoms with Crippen molar-refractivity contribution in [2.75, 3.05) is 5.32 Å². The molecule has 0 amide bonds. The standard InChI is InChI=1S/C19H28N2/c1-14-8-9-15(13-20)12-18(14)21-17-7-5-6-16(10-11-17)19(2,3)4/h8-9,12,16-17,21H,5-7,10-11H2,1-4H3. The zero-order chi connectivity index (χ0) is 15.5. The highest BCUT2D eigenvalue weighted by Crippen LogP contribution is 2.37. The van der Waals surface area contributed by atoms with Crippen molar-refractivity contribution in [1.82, 2.24) is 0 Å². The molecule has 1 N–H and O–H groups in total. The lowest BCUT2D eigenvalue weighted by atomic mass is 9.76. The van der Waals surface area contributed by atoms with Crippen LogP contribution in [0.1, 0.15) is 64.0 Å². The Balaban J connectivity index is 2.03. The van der Waals surface area contributed by atoms with Gasteiger partial charge >= 0.3 is 0 Å². The van der Waals surface area contributed by atoms with Gasteiger partial charge in [0.1, 0.15) is 0 Å². The summed E-state index contributed by atoms with van der Waals surface area (Å²) in [6.45, 7) is 9.21. The largest absolute Gasteiger partial charge is 0.382 e. The molecule has 21 heavy (non-hydrogen) atoms. The van der Waals surface area contributed by atoms with Crippen LogP contribution in [-0.4, -0.2) is 6.04 Å². The summed E-state index contributed by atoms with van der Waals surface area (Å²) in [6.07, 6.45) is 6.43. The van der Waals surface area contributed by atoms with Gasteiger partial charge in [0.25, 0.3) is 0 Å². The van der Waals surface area contributed by atoms with Gasteiger partial charge in [0.2, 0.25) is 0 Å². The van der Waals surface area contributed by atoms with E-state index in [4.69, 9.17) is 5.26 Å². The molecule has 2 heteroatoms. The van der Waals surface area contributed by atoms with Crippen molar-refractivity contribution in [2.45, 2.75) is 65.8 Å². The zero-order valence-electron chi connectivity index (χ0n) is 13.9. The summed E-state index contributed by atoms with van der Waals surface area (Å²) in [5, 5.41) is 12.7. The van der Waals surface area contributed by atoms with E-state index in [2.05, 4.69) is 39.1 Å². The zero-order valence-corrected chi connectivity index (χ0v) is 13.9. The number of anilines is 1. The third kappa shape index (κ3) is 4.24. The first kappa shape index (κ1) is 15.9. The normalized spacial score (nSPS) is 23.2. The summed E-state index contributed by atoms with van der Waals surface area (Å²) in [7, 11) is 0. The van der Waals surface area contributed by atoms with E-state index >= 15 is 0 Å². The van der Waals surface area contributed by atoms with Gasteiger partial charge in [-0.05, 0) is 61.6 Å². The van der Waals surface area contributed by atoms with Crippen LogP contribution in [0.5, 0.6) is 0 Å². The van der Waals surface area contributed by atoms with E-state index < -0.39 is 0 Å². The van der Waals surface area contributed by atoms with Gasteiger partial charge in [0.05, 0.1) is 11.6 Å². The van der Waals surface area contributed by atoms with Crippen molar-refractivity contribution in [3.63, 3.8) is 0 Å². The molecule has 0 aliphatic heterocycles. The minimum atomic E-state index is 0.422. The third-order valence-electron chi connectivity index (χ3n) is 4.92. The maximum atomic E-state index is 9.05. The molecule has 0 aromatic heterocycles. The van der Waals surface area contributed by atoms with Crippen molar-refractivity contribution in [3.8, 4) is 6.07 Å². The molecule has 0 radical (unpaired) electrons. The molecule has 1 fully saturated rings. The number of nitrogens with one attached hydrogen (secondary N) is 1. The lowest BCUT2D eigenvalue weighted by Crippen LogP contribution is -2.22. The third-order valence-corrected chi connectivity index (χ3v) is 4.92. The van der Waals surface area contributed by atoms with Crippen LogP contribution in [0, 0.1) is 29.6 Å². The second kappa shape index (κ2) is 6.52. The molecule has 1 aliphatic carbocycles. The Bertz CT molecular complexity index is 519. The lowest BCUT2D eigenvalue weighted by molar-refractivity contribution is 0.214. The first-order chi connectivity index (χ1) is 9.90. The van der Waals surface area contributed by atoms with Crippen molar-refractivity contribution < 1.29 is 0 Å². The fraction of sp³-hybridized carbons (Fsp3) is 0.632. The molecule has 2 nitrogen and oxygen atoms in total. The monoisotopic (exact) mass is 284 g/mol. The van der Waals surface area contributed by atoms with Crippen molar-refractivity contribution in [2.24, 2.45) is 11.3 Å². The highest BCUT2D eigenvalue weighted by Gasteiger charge is 2.27. The molecule has 1 saturated carbocycles. The highest BCUT2D eigenvalue weighted by atomic mass is 14.9. The van der Waals surface area contributed by atoms with Crippen LogP contribution in [0.3, 0.4) is 0 Å². The maximum absolute atomic E-state index is 9.05. The van der Waals surface area contributed by atoms with E-state index in [0.717, 1.165) is 17.2 Å². The summed E-state index contributed by atoms with van der Waals surface area (Å²) in [4.78, 5) is 0. The quantitative estimate of drug-likeness (QED) is 0.751. The number of nitrogens with zero attached hydrogens (tertiary/aromatic N) is 1. The molecule has 0 saturated heterocycles. The number of rotatable bonds is 2. The van der Waals surface area contributed by atoms with Crippen LogP contribution in [0.15, 0.2) is 18.2 Å². The van der Waals surface area contributed by atoms with Gasteiger partial charge < -0.3 is 5.32 Å². The predicted molar refractivity (Wildman–Crippen MR) is 89.3 cm³/mol. The Hall–Kier alpha value is -1.49. The molecule has 114 valence electrons. The summed E-state index contributed by atoms with van der Waals surface area (Å²) >= 11 is 0. The Kier molecular flexibility index (Phi) is 4.93. The molecule has 0 spiro atoms. The topological polar surface area (TPSA) is 35.8 Å². The van der Waals surface area contributed by atoms with Gasteiger partial charge in [-0.1, -0.05) is 33.3 Å². The van der Waals surface area contributed by atoms with E-state index in [9.17, 15) is 0 Å². The Morgan fingerprint density at radius 2 is 1.90 bits per heavy atom. The van der Waals surface area contributed by atoms with E-state index in [-0.39, 0.29) is 0 Å². The lowest BCUT2D eigenvalue weighted by Gasteiger charge is -2.29. The van der Waals surface area contributed by atoms with Crippen molar-refractivity contribution >= 4 is 5.69 Å². The van der Waals surface area contributed by atoms with Crippen LogP contribution in [0.25, 0.3) is 0 Å². The molecule has 2 atom stereocenters. The van der Waals surface area contributed by atoms with Crippen molar-refractivity contribution in [1.29, 1.82) is 5.26 Å². The fourth-order valence-electron chi connectivity index (χ4n) is 3.38. The van der Waals surface area contributed by atoms with Crippen LogP contribution in [0.2, 0.25) is 0 Å². The Morgan fingerprint density at radius 1 is 1.14 bits per heavy atom. The Labute approximate surface area is 129 Å². The second-order valence-corrected chi connectivity index (χ2v) is 7.55. The molecule has 1 aliphatic rings. The van der Waals surface area contributed by atoms with E-state index in [1.165, 1.54) is 37.7 Å². The number of hydrogen-bond acceptors (Lipinski definition) is 2. The smallest absolute Gasteiger partial charge is 0.0992 e. The average molecular weight is 284 g/mol. The van der Waals surface area contributed by atoms with Crippen LogP contribution in [0.4, 0.5) is 5.69 Å². The summed E-state index contributed by atoms with van der Waals surface area (Å²) < 4.78 is 0. The first-order valence-corrected chi connectivity index (χ1v) is 8.17. The first-order valence-electron chi connectivity index (χ1n) is 8.17. The molecular formula is C19H28N2. The molecule has 0 heterocycles. The van der Waals surface area contributed by atoms with Crippen LogP contribution >= 0.6 is 0 Å². The van der Waals surface area contributed by atoms with Crippen molar-refractivity contribution in [3.05, 3.63) is 29.3 Å². The van der Waals surface area contributed by atoms with E-state index in [0.29, 0.717) is 11.5 Å². The van der Waals surface area contributed by atoms with E-state index in [1.54, 1.807) is 0 Å². The van der Waals surface area contributed by atoms with Gasteiger partial charge in [-0.15, -0.1) is 0 Å². The fourth-order valence-corrected chi connectivity index (χ4v) is 3.38. The van der Waals surface area contributed by atoms with Gasteiger partial charge in [0.15, 0.2) is 0 Å². The number of benzene rings is 1. The summed E-state index contributed by atoms with van der Waals surface area (Å²) in [5.74, 6) is 0.829. The van der Waals surface area contributed by atoms with Gasteiger partial charge in [-0.3, -0.25) is 0 Å². The summed E-state index contributed by atoms with van der Waals surface area (Å²) in [6, 6.07) is 8.69. The van der Waals surface area contributed by atoms with Crippen LogP contribution < -0.4 is 5.32 Å². The van der Waals surface area contributed by atoms with E-state index in [1.807, 2.05) is 18.2 Å². The molecule has 1 aromatic rings. The number of aryl methyl sites for hydroxylation is 1. The Morgan fingerprint density at radius 3 is 2.57 bits per heavy atom. The maximum Gasteiger partial charge on any atom is 0.0992 e.